The second kappa shape index (κ2) is 14.3. The summed E-state index contributed by atoms with van der Waals surface area (Å²) >= 11 is 0. The lowest BCUT2D eigenvalue weighted by atomic mass is 9.90. The quantitative estimate of drug-likeness (QED) is 0.186. The van der Waals surface area contributed by atoms with Gasteiger partial charge in [0.1, 0.15) is 23.1 Å². The molecule has 0 unspecified atom stereocenters. The van der Waals surface area contributed by atoms with Crippen LogP contribution >= 0.6 is 0 Å². The van der Waals surface area contributed by atoms with Crippen molar-refractivity contribution in [2.75, 3.05) is 6.54 Å². The van der Waals surface area contributed by atoms with Gasteiger partial charge in [0.2, 0.25) is 11.5 Å². The molecule has 57 heavy (non-hydrogen) atoms. The van der Waals surface area contributed by atoms with Crippen LogP contribution in [0.25, 0.3) is 33.5 Å². The number of alkyl halides is 5. The predicted octanol–water partition coefficient (Wildman–Crippen LogP) is 5.29. The van der Waals surface area contributed by atoms with Gasteiger partial charge in [0.15, 0.2) is 11.5 Å². The molecular weight excluding hydrogens is 765 g/mol. The zero-order valence-corrected chi connectivity index (χ0v) is 30.7. The number of nitrogens with zero attached hydrogens (tertiary/aromatic N) is 9. The fourth-order valence-electron chi connectivity index (χ4n) is 6.99. The number of rotatable bonds is 10. The highest BCUT2D eigenvalue weighted by Gasteiger charge is 2.40. The molecule has 2 amide bonds. The van der Waals surface area contributed by atoms with E-state index >= 15 is 8.78 Å². The Morgan fingerprint density at radius 3 is 2.40 bits per heavy atom. The summed E-state index contributed by atoms with van der Waals surface area (Å²) in [5.41, 5.74) is -2.23. The third-order valence-corrected chi connectivity index (χ3v) is 9.70. The van der Waals surface area contributed by atoms with Gasteiger partial charge in [0.25, 0.3) is 5.91 Å². The van der Waals surface area contributed by atoms with E-state index in [0.29, 0.717) is 15.7 Å². The molecular formula is C37H33F7N10O3. The molecule has 1 aliphatic rings. The van der Waals surface area contributed by atoms with E-state index in [1.54, 1.807) is 7.05 Å². The average Bonchev–Trinajstić information content (AvgIpc) is 3.87. The minimum absolute atomic E-state index is 0.0149. The van der Waals surface area contributed by atoms with Gasteiger partial charge in [-0.1, -0.05) is 0 Å². The third-order valence-electron chi connectivity index (χ3n) is 9.70. The van der Waals surface area contributed by atoms with Gasteiger partial charge in [-0.25, -0.2) is 18.4 Å². The van der Waals surface area contributed by atoms with E-state index in [4.69, 9.17) is 0 Å². The van der Waals surface area contributed by atoms with E-state index < -0.39 is 64.6 Å². The molecule has 0 radical (unpaired) electrons. The van der Waals surface area contributed by atoms with Gasteiger partial charge in [0, 0.05) is 62.7 Å². The highest BCUT2D eigenvalue weighted by molar-refractivity contribution is 6.01. The summed E-state index contributed by atoms with van der Waals surface area (Å²) in [5.74, 6) is -3.50. The molecule has 6 heterocycles. The Morgan fingerprint density at radius 2 is 1.72 bits per heavy atom. The van der Waals surface area contributed by atoms with E-state index in [2.05, 4.69) is 25.6 Å². The lowest BCUT2D eigenvalue weighted by Gasteiger charge is -2.37. The van der Waals surface area contributed by atoms with E-state index in [1.807, 2.05) is 0 Å². The lowest BCUT2D eigenvalue weighted by Crippen LogP contribution is -2.58. The van der Waals surface area contributed by atoms with Crippen LogP contribution in [0.3, 0.4) is 0 Å². The molecule has 6 aromatic rings. The van der Waals surface area contributed by atoms with Crippen molar-refractivity contribution in [1.82, 2.24) is 49.1 Å². The molecule has 0 aliphatic carbocycles. The summed E-state index contributed by atoms with van der Waals surface area (Å²) in [6, 6.07) is 5.36. The maximum Gasteiger partial charge on any atom is 0.435 e. The van der Waals surface area contributed by atoms with Gasteiger partial charge in [-0.3, -0.25) is 23.7 Å². The largest absolute Gasteiger partial charge is 0.435 e. The number of aromatic nitrogens is 8. The van der Waals surface area contributed by atoms with Crippen LogP contribution in [0.15, 0.2) is 66.0 Å². The van der Waals surface area contributed by atoms with Gasteiger partial charge >= 0.3 is 12.7 Å². The van der Waals surface area contributed by atoms with Crippen molar-refractivity contribution in [2.24, 2.45) is 14.1 Å². The minimum atomic E-state index is -4.84. The Balaban J connectivity index is 1.23. The van der Waals surface area contributed by atoms with E-state index in [-0.39, 0.29) is 59.6 Å². The predicted molar refractivity (Wildman–Crippen MR) is 190 cm³/mol. The molecule has 0 saturated heterocycles. The number of amides is 2. The first-order valence-electron chi connectivity index (χ1n) is 17.4. The van der Waals surface area contributed by atoms with Crippen LogP contribution < -0.4 is 10.9 Å². The van der Waals surface area contributed by atoms with E-state index in [1.165, 1.54) is 66.8 Å². The summed E-state index contributed by atoms with van der Waals surface area (Å²) in [7, 11) is 3.03. The number of hydrogen-bond donors (Lipinski definition) is 1. The first-order chi connectivity index (χ1) is 26.8. The molecule has 1 aliphatic heterocycles. The third kappa shape index (κ3) is 7.50. The number of carbonyl (C=O) groups excluding carboxylic acids is 2. The standard InChI is InChI=1S/C37H33F7N10O3/c1-36(2,18-54-26(13-29(49-54)37(42,43)44)20-5-8-30(55)50(3)17-20)48-33(56)28(11-19-14-46-53(16-19)35(40)41)52-10-9-21-22(6-7-23(38)31(21)34(52)57)32-24(39)12-27-25(47-32)15-45-51(27)4/h5-8,12-17,28,35H,9-11,18H2,1-4H3,(H,48,56)/t28-/m1/s1. The van der Waals surface area contributed by atoms with Crippen LogP contribution in [0, 0.1) is 11.6 Å². The van der Waals surface area contributed by atoms with Crippen LogP contribution in [0.4, 0.5) is 30.7 Å². The van der Waals surface area contributed by atoms with Gasteiger partial charge in [-0.05, 0) is 55.7 Å². The lowest BCUT2D eigenvalue weighted by molar-refractivity contribution is -0.141. The average molecular weight is 799 g/mol. The van der Waals surface area contributed by atoms with Gasteiger partial charge in [0.05, 0.1) is 41.3 Å². The number of carbonyl (C=O) groups is 2. The maximum atomic E-state index is 15.7. The van der Waals surface area contributed by atoms with Gasteiger partial charge in [-0.2, -0.15) is 37.2 Å². The second-order valence-electron chi connectivity index (χ2n) is 14.3. The number of pyridine rings is 2. The Kier molecular flexibility index (Phi) is 9.77. The van der Waals surface area contributed by atoms with Crippen LogP contribution in [-0.4, -0.2) is 73.7 Å². The monoisotopic (exact) mass is 798 g/mol. The normalized spacial score (nSPS) is 14.1. The number of hydrogen-bond acceptors (Lipinski definition) is 7. The van der Waals surface area contributed by atoms with Crippen LogP contribution in [0.1, 0.15) is 47.6 Å². The second-order valence-corrected chi connectivity index (χ2v) is 14.3. The minimum Gasteiger partial charge on any atom is -0.348 e. The van der Waals surface area contributed by atoms with Crippen LogP contribution in [-0.2, 0) is 44.5 Å². The van der Waals surface area contributed by atoms with Crippen molar-refractivity contribution in [3.63, 3.8) is 0 Å². The van der Waals surface area contributed by atoms with E-state index in [9.17, 15) is 36.3 Å². The first-order valence-corrected chi connectivity index (χ1v) is 17.4. The molecule has 1 atom stereocenters. The van der Waals surface area contributed by atoms with Crippen molar-refractivity contribution < 1.29 is 40.3 Å². The fourth-order valence-corrected chi connectivity index (χ4v) is 6.99. The highest BCUT2D eigenvalue weighted by atomic mass is 19.4. The molecule has 0 saturated carbocycles. The zero-order valence-electron chi connectivity index (χ0n) is 30.7. The summed E-state index contributed by atoms with van der Waals surface area (Å²) in [6.07, 6.45) is -0.437. The number of halogens is 7. The molecule has 20 heteroatoms. The van der Waals surface area contributed by atoms with Crippen molar-refractivity contribution in [3.05, 3.63) is 106 Å². The zero-order chi connectivity index (χ0) is 41.1. The Labute approximate surface area is 318 Å². The summed E-state index contributed by atoms with van der Waals surface area (Å²) < 4.78 is 104. The smallest absolute Gasteiger partial charge is 0.348 e. The van der Waals surface area contributed by atoms with Crippen molar-refractivity contribution >= 4 is 22.8 Å². The summed E-state index contributed by atoms with van der Waals surface area (Å²) in [6.45, 7) is -0.576. The fraction of sp³-hybridized carbons (Fsp3) is 0.324. The van der Waals surface area contributed by atoms with Gasteiger partial charge in [-0.15, -0.1) is 0 Å². The number of benzene rings is 1. The highest BCUT2D eigenvalue weighted by Crippen LogP contribution is 2.36. The molecule has 0 spiro atoms. The molecule has 298 valence electrons. The topological polar surface area (TPSA) is 138 Å². The Hall–Kier alpha value is -6.34. The molecule has 7 rings (SSSR count). The molecule has 0 fully saturated rings. The Morgan fingerprint density at radius 1 is 0.965 bits per heavy atom. The summed E-state index contributed by atoms with van der Waals surface area (Å²) in [4.78, 5) is 46.0. The van der Waals surface area contributed by atoms with Crippen LogP contribution in [0.5, 0.6) is 0 Å². The maximum absolute atomic E-state index is 15.7. The van der Waals surface area contributed by atoms with Crippen molar-refractivity contribution in [1.29, 1.82) is 0 Å². The number of nitrogens with one attached hydrogen (secondary N) is 1. The molecule has 0 bridgehead atoms. The number of aryl methyl sites for hydroxylation is 2. The molecule has 1 N–H and O–H groups in total. The Bertz CT molecular complexity index is 2610. The summed E-state index contributed by atoms with van der Waals surface area (Å²) in [5, 5.41) is 14.2. The van der Waals surface area contributed by atoms with Gasteiger partial charge < -0.3 is 14.8 Å². The van der Waals surface area contributed by atoms with Crippen molar-refractivity contribution in [2.45, 2.75) is 57.5 Å². The molecule has 5 aromatic heterocycles. The van der Waals surface area contributed by atoms with E-state index in [0.717, 1.165) is 34.1 Å². The first kappa shape index (κ1) is 38.9. The van der Waals surface area contributed by atoms with Crippen molar-refractivity contribution in [3.8, 4) is 22.5 Å². The van der Waals surface area contributed by atoms with Crippen LogP contribution in [0.2, 0.25) is 0 Å². The molecule has 13 nitrogen and oxygen atoms in total. The SMILES string of the molecule is Cn1cc(-c2cc(C(F)(F)F)nn2CC(C)(C)NC(=O)[C@@H](Cc2cnn(C(F)F)c2)N2CCc3c(-c4nc5cnn(C)c5cc4F)ccc(F)c3C2=O)ccc1=O. The molecule has 1 aromatic carbocycles. The number of fused-ring (bicyclic) bond motifs is 2.